The molecule has 2 atom stereocenters. The molecule has 12 N–H and O–H groups in total. The van der Waals surface area contributed by atoms with Gasteiger partial charge in [-0.15, -0.1) is 0 Å². The maximum Gasteiger partial charge on any atom is 0.0509 e. The summed E-state index contributed by atoms with van der Waals surface area (Å²) >= 11 is 0. The minimum atomic E-state index is -0.194. The standard InChI is InChI=1S/5C17H34O2.C7H14O2/c5*18-15-17(16-19)13-11-9-7-5-3-1-2-4-6-8-10-12-14-17;8-4-6-1-2-7(3-6)5-9/h5*18-19H,1-16H2;6-9H,1-5H2. The lowest BCUT2D eigenvalue weighted by Gasteiger charge is -2.30. The van der Waals surface area contributed by atoms with Crippen molar-refractivity contribution in [3.8, 4) is 0 Å². The summed E-state index contributed by atoms with van der Waals surface area (Å²) in [4.78, 5) is 0. The van der Waals surface area contributed by atoms with E-state index in [1.807, 2.05) is 0 Å². The van der Waals surface area contributed by atoms with Crippen molar-refractivity contribution in [3.63, 3.8) is 0 Å². The van der Waals surface area contributed by atoms with E-state index in [-0.39, 0.29) is 93.1 Å². The highest BCUT2D eigenvalue weighted by molar-refractivity contribution is 4.83. The van der Waals surface area contributed by atoms with Crippen molar-refractivity contribution in [2.75, 3.05) is 79.3 Å². The van der Waals surface area contributed by atoms with Crippen LogP contribution < -0.4 is 0 Å². The van der Waals surface area contributed by atoms with Gasteiger partial charge in [0.25, 0.3) is 0 Å². The zero-order valence-corrected chi connectivity index (χ0v) is 69.1. The van der Waals surface area contributed by atoms with Crippen LogP contribution in [0.4, 0.5) is 0 Å². The Labute approximate surface area is 644 Å². The summed E-state index contributed by atoms with van der Waals surface area (Å²) in [5.41, 5.74) is -0.971. The molecule has 0 spiro atoms. The largest absolute Gasteiger partial charge is 0.396 e. The molecule has 0 saturated heterocycles. The SMILES string of the molecule is OCC1(CO)CCCCCCCCCCCCCC1.OCC1(CO)CCCCCCCCCCCCCC1.OCC1(CO)CCCCCCCCCCCCCC1.OCC1(CO)CCCCCCCCCCCCCC1.OCC1(CO)CCCCCCCCCCCCCC1.OCC1CCC(CO)C1. The van der Waals surface area contributed by atoms with Gasteiger partial charge in [0.1, 0.15) is 0 Å². The smallest absolute Gasteiger partial charge is 0.0509 e. The van der Waals surface area contributed by atoms with E-state index in [0.717, 1.165) is 83.5 Å². The van der Waals surface area contributed by atoms with Crippen molar-refractivity contribution in [3.05, 3.63) is 0 Å². The fourth-order valence-electron chi connectivity index (χ4n) is 17.8. The summed E-state index contributed by atoms with van der Waals surface area (Å²) in [6, 6.07) is 0. The molecule has 6 fully saturated rings. The quantitative estimate of drug-likeness (QED) is 0.0873. The third kappa shape index (κ3) is 54.2. The van der Waals surface area contributed by atoms with Crippen molar-refractivity contribution in [2.24, 2.45) is 38.9 Å². The van der Waals surface area contributed by atoms with Crippen molar-refractivity contribution >= 4 is 0 Å². The van der Waals surface area contributed by atoms with Gasteiger partial charge in [-0.05, 0) is 95.3 Å². The van der Waals surface area contributed by atoms with Crippen LogP contribution in [-0.2, 0) is 0 Å². The summed E-state index contributed by atoms with van der Waals surface area (Å²) in [5, 5.41) is 114. The molecule has 6 aliphatic rings. The van der Waals surface area contributed by atoms with Crippen LogP contribution in [-0.4, -0.2) is 141 Å². The van der Waals surface area contributed by atoms with E-state index in [2.05, 4.69) is 0 Å². The molecular formula is C92H184O12. The highest BCUT2D eigenvalue weighted by Crippen LogP contribution is 2.37. The Morgan fingerprint density at radius 3 is 0.288 bits per heavy atom. The summed E-state index contributed by atoms with van der Waals surface area (Å²) in [7, 11) is 0. The summed E-state index contributed by atoms with van der Waals surface area (Å²) in [5.74, 6) is 0.948. The first kappa shape index (κ1) is 102. The molecule has 2 unspecified atom stereocenters. The minimum Gasteiger partial charge on any atom is -0.396 e. The van der Waals surface area contributed by atoms with E-state index in [1.165, 1.54) is 385 Å². The number of hydrogen-bond acceptors (Lipinski definition) is 12. The molecule has 0 amide bonds. The van der Waals surface area contributed by atoms with Crippen molar-refractivity contribution in [1.82, 2.24) is 0 Å². The van der Waals surface area contributed by atoms with Gasteiger partial charge in [0.2, 0.25) is 0 Å². The summed E-state index contributed by atoms with van der Waals surface area (Å²) in [6.45, 7) is 2.17. The zero-order chi connectivity index (χ0) is 75.8. The van der Waals surface area contributed by atoms with Gasteiger partial charge >= 0.3 is 0 Å². The highest BCUT2D eigenvalue weighted by atomic mass is 16.3. The van der Waals surface area contributed by atoms with E-state index in [9.17, 15) is 51.1 Å². The second-order valence-electron chi connectivity index (χ2n) is 35.7. The summed E-state index contributed by atoms with van der Waals surface area (Å²) in [6.07, 6.45) is 92.6. The first-order valence-electron chi connectivity index (χ1n) is 46.3. The van der Waals surface area contributed by atoms with Crippen LogP contribution >= 0.6 is 0 Å². The molecule has 104 heavy (non-hydrogen) atoms. The molecule has 6 rings (SSSR count). The zero-order valence-electron chi connectivity index (χ0n) is 69.1. The second kappa shape index (κ2) is 72.7. The molecule has 12 heteroatoms. The van der Waals surface area contributed by atoms with Gasteiger partial charge in [-0.1, -0.05) is 385 Å². The molecule has 624 valence electrons. The maximum atomic E-state index is 9.63. The number of aliphatic hydroxyl groups excluding tert-OH is 12. The Kier molecular flexibility index (Phi) is 71.0. The van der Waals surface area contributed by atoms with Crippen LogP contribution in [0.1, 0.15) is 469 Å². The van der Waals surface area contributed by atoms with Crippen LogP contribution in [0.2, 0.25) is 0 Å². The van der Waals surface area contributed by atoms with Crippen molar-refractivity contribution < 1.29 is 61.3 Å². The van der Waals surface area contributed by atoms with Crippen LogP contribution in [0.5, 0.6) is 0 Å². The fourth-order valence-corrected chi connectivity index (χ4v) is 17.8. The lowest BCUT2D eigenvalue weighted by Crippen LogP contribution is -2.29. The molecular weight excluding hydrogens is 1300 g/mol. The molecule has 0 aromatic rings. The average Bonchev–Trinajstić information content (AvgIpc) is 1.32. The van der Waals surface area contributed by atoms with E-state index < -0.39 is 0 Å². The third-order valence-corrected chi connectivity index (χ3v) is 26.3. The normalized spacial score (nSPS) is 25.3. The second-order valence-corrected chi connectivity index (χ2v) is 35.7. The lowest BCUT2D eigenvalue weighted by molar-refractivity contribution is 0.0352. The monoisotopic (exact) mass is 1480 g/mol. The molecule has 6 aliphatic carbocycles. The van der Waals surface area contributed by atoms with Gasteiger partial charge in [-0.2, -0.15) is 0 Å². The molecule has 0 heterocycles. The van der Waals surface area contributed by atoms with Crippen LogP contribution in [0.25, 0.3) is 0 Å². The first-order valence-corrected chi connectivity index (χ1v) is 46.3. The number of rotatable bonds is 12. The van der Waals surface area contributed by atoms with Gasteiger partial charge in [0.05, 0.1) is 66.1 Å². The van der Waals surface area contributed by atoms with Gasteiger partial charge in [0.15, 0.2) is 0 Å². The van der Waals surface area contributed by atoms with E-state index in [4.69, 9.17) is 10.2 Å². The molecule has 12 nitrogen and oxygen atoms in total. The maximum absolute atomic E-state index is 9.63. The topological polar surface area (TPSA) is 243 Å². The molecule has 0 aromatic carbocycles. The van der Waals surface area contributed by atoms with E-state index in [1.54, 1.807) is 0 Å². The van der Waals surface area contributed by atoms with E-state index >= 15 is 0 Å². The van der Waals surface area contributed by atoms with Crippen molar-refractivity contribution in [2.45, 2.75) is 469 Å². The Hall–Kier alpha value is -0.480. The first-order chi connectivity index (χ1) is 51.0. The van der Waals surface area contributed by atoms with Gasteiger partial charge in [-0.3, -0.25) is 0 Å². The number of hydrogen-bond donors (Lipinski definition) is 12. The fraction of sp³-hybridized carbons (Fsp3) is 1.00. The average molecular weight is 1480 g/mol. The van der Waals surface area contributed by atoms with Crippen LogP contribution in [0.3, 0.4) is 0 Å². The van der Waals surface area contributed by atoms with Crippen molar-refractivity contribution in [1.29, 1.82) is 0 Å². The third-order valence-electron chi connectivity index (χ3n) is 26.3. The highest BCUT2D eigenvalue weighted by Gasteiger charge is 2.32. The Bertz CT molecular complexity index is 1340. The van der Waals surface area contributed by atoms with Gasteiger partial charge in [0, 0.05) is 40.3 Å². The van der Waals surface area contributed by atoms with Gasteiger partial charge in [-0.25, -0.2) is 0 Å². The Morgan fingerprint density at radius 1 is 0.135 bits per heavy atom. The summed E-state index contributed by atoms with van der Waals surface area (Å²) < 4.78 is 0. The lowest BCUT2D eigenvalue weighted by atomic mass is 9.79. The minimum absolute atomic E-state index is 0.156. The Morgan fingerprint density at radius 2 is 0.221 bits per heavy atom. The molecule has 0 bridgehead atoms. The van der Waals surface area contributed by atoms with E-state index in [0.29, 0.717) is 25.0 Å². The molecule has 0 aliphatic heterocycles. The van der Waals surface area contributed by atoms with Crippen LogP contribution in [0, 0.1) is 38.9 Å². The molecule has 0 radical (unpaired) electrons. The number of aliphatic hydroxyl groups is 12. The molecule has 6 saturated carbocycles. The van der Waals surface area contributed by atoms with Crippen LogP contribution in [0.15, 0.2) is 0 Å². The molecule has 0 aromatic heterocycles. The predicted molar refractivity (Wildman–Crippen MR) is 441 cm³/mol. The predicted octanol–water partition coefficient (Wildman–Crippen LogP) is 22.5. The van der Waals surface area contributed by atoms with Gasteiger partial charge < -0.3 is 61.3 Å². The Balaban J connectivity index is 0.000000630.